The molecular weight excluding hydrogens is 262 g/mol. The van der Waals surface area contributed by atoms with E-state index in [2.05, 4.69) is 10.5 Å². The number of amidine groups is 1. The van der Waals surface area contributed by atoms with Gasteiger partial charge in [-0.2, -0.15) is 0 Å². The van der Waals surface area contributed by atoms with Gasteiger partial charge in [0.15, 0.2) is 5.84 Å². The Morgan fingerprint density at radius 1 is 1.35 bits per heavy atom. The van der Waals surface area contributed by atoms with E-state index >= 15 is 0 Å². The zero-order chi connectivity index (χ0) is 14.8. The van der Waals surface area contributed by atoms with Gasteiger partial charge in [-0.3, -0.25) is 4.79 Å². The number of methoxy groups -OCH3 is 1. The van der Waals surface area contributed by atoms with Gasteiger partial charge in [-0.25, -0.2) is 0 Å². The summed E-state index contributed by atoms with van der Waals surface area (Å²) in [5.74, 6) is -0.282. The molecule has 0 aromatic heterocycles. The van der Waals surface area contributed by atoms with Gasteiger partial charge in [0.05, 0.1) is 19.8 Å². The van der Waals surface area contributed by atoms with Gasteiger partial charge < -0.3 is 25.7 Å². The Morgan fingerprint density at radius 3 is 2.80 bits per heavy atom. The summed E-state index contributed by atoms with van der Waals surface area (Å²) in [4.78, 5) is 11.9. The van der Waals surface area contributed by atoms with Crippen molar-refractivity contribution in [3.63, 3.8) is 0 Å². The van der Waals surface area contributed by atoms with Crippen molar-refractivity contribution in [3.8, 4) is 0 Å². The lowest BCUT2D eigenvalue weighted by atomic mass is 10.1. The van der Waals surface area contributed by atoms with Crippen molar-refractivity contribution in [2.45, 2.75) is 0 Å². The molecule has 7 heteroatoms. The number of benzene rings is 1. The fourth-order valence-electron chi connectivity index (χ4n) is 1.46. The first kappa shape index (κ1) is 15.9. The van der Waals surface area contributed by atoms with E-state index in [1.54, 1.807) is 31.4 Å². The summed E-state index contributed by atoms with van der Waals surface area (Å²) < 4.78 is 10.1. The number of carbonyl (C=O) groups is 1. The number of hydrogen-bond donors (Lipinski definition) is 3. The molecule has 1 aromatic rings. The molecule has 0 aliphatic heterocycles. The normalized spacial score (nSPS) is 11.3. The molecule has 0 unspecified atom stereocenters. The Labute approximate surface area is 117 Å². The molecule has 1 aromatic carbocycles. The van der Waals surface area contributed by atoms with Crippen molar-refractivity contribution in [2.24, 2.45) is 10.9 Å². The monoisotopic (exact) mass is 281 g/mol. The molecule has 20 heavy (non-hydrogen) atoms. The van der Waals surface area contributed by atoms with Gasteiger partial charge in [0.25, 0.3) is 5.91 Å². The molecule has 0 bridgehead atoms. The van der Waals surface area contributed by atoms with E-state index in [1.807, 2.05) is 0 Å². The molecule has 1 rings (SSSR count). The van der Waals surface area contributed by atoms with Crippen LogP contribution in [-0.4, -0.2) is 50.4 Å². The SMILES string of the molecule is COCCOCCNC(=O)c1cccc(C(N)=NO)c1. The molecule has 0 saturated heterocycles. The van der Waals surface area contributed by atoms with Gasteiger partial charge in [0.2, 0.25) is 0 Å². The van der Waals surface area contributed by atoms with Gasteiger partial charge in [-0.1, -0.05) is 17.3 Å². The maximum absolute atomic E-state index is 11.9. The third-order valence-corrected chi connectivity index (χ3v) is 2.49. The van der Waals surface area contributed by atoms with Crippen molar-refractivity contribution in [2.75, 3.05) is 33.5 Å². The third-order valence-electron chi connectivity index (χ3n) is 2.49. The third kappa shape index (κ3) is 5.25. The van der Waals surface area contributed by atoms with Crippen LogP contribution in [0.2, 0.25) is 0 Å². The van der Waals surface area contributed by atoms with Crippen LogP contribution >= 0.6 is 0 Å². The smallest absolute Gasteiger partial charge is 0.251 e. The summed E-state index contributed by atoms with van der Waals surface area (Å²) in [5.41, 5.74) is 6.39. The van der Waals surface area contributed by atoms with E-state index in [0.717, 1.165) is 0 Å². The van der Waals surface area contributed by atoms with Crippen molar-refractivity contribution in [1.29, 1.82) is 0 Å². The Bertz CT molecular complexity index is 463. The minimum absolute atomic E-state index is 0.0393. The van der Waals surface area contributed by atoms with Crippen LogP contribution in [0.25, 0.3) is 0 Å². The first-order valence-electron chi connectivity index (χ1n) is 6.12. The standard InChI is InChI=1S/C13H19N3O4/c1-19-7-8-20-6-5-15-13(17)11-4-2-3-10(9-11)12(14)16-18/h2-4,9,18H,5-8H2,1H3,(H2,14,16)(H,15,17). The summed E-state index contributed by atoms with van der Waals surface area (Å²) in [6, 6.07) is 6.52. The summed E-state index contributed by atoms with van der Waals surface area (Å²) in [6.45, 7) is 1.83. The van der Waals surface area contributed by atoms with Gasteiger partial charge in [-0.15, -0.1) is 0 Å². The van der Waals surface area contributed by atoms with Crippen LogP contribution in [0.3, 0.4) is 0 Å². The second-order valence-electron chi connectivity index (χ2n) is 3.93. The Kier molecular flexibility index (Phi) is 7.08. The highest BCUT2D eigenvalue weighted by Crippen LogP contribution is 2.05. The quantitative estimate of drug-likeness (QED) is 0.207. The highest BCUT2D eigenvalue weighted by Gasteiger charge is 2.07. The lowest BCUT2D eigenvalue weighted by molar-refractivity contribution is 0.0692. The van der Waals surface area contributed by atoms with Gasteiger partial charge in [0.1, 0.15) is 0 Å². The Hall–Kier alpha value is -2.12. The minimum Gasteiger partial charge on any atom is -0.409 e. The minimum atomic E-state index is -0.243. The summed E-state index contributed by atoms with van der Waals surface area (Å²) in [6.07, 6.45) is 0. The van der Waals surface area contributed by atoms with Gasteiger partial charge in [-0.05, 0) is 12.1 Å². The Morgan fingerprint density at radius 2 is 2.10 bits per heavy atom. The molecule has 0 saturated carbocycles. The number of ether oxygens (including phenoxy) is 2. The summed E-state index contributed by atoms with van der Waals surface area (Å²) >= 11 is 0. The largest absolute Gasteiger partial charge is 0.409 e. The molecule has 0 radical (unpaired) electrons. The highest BCUT2D eigenvalue weighted by molar-refractivity contribution is 6.01. The molecule has 0 fully saturated rings. The van der Waals surface area contributed by atoms with Crippen LogP contribution in [0.15, 0.2) is 29.4 Å². The number of nitrogens with two attached hydrogens (primary N) is 1. The van der Waals surface area contributed by atoms with E-state index < -0.39 is 0 Å². The molecule has 0 spiro atoms. The Balaban J connectivity index is 2.43. The van der Waals surface area contributed by atoms with Crippen LogP contribution in [0, 0.1) is 0 Å². The predicted molar refractivity (Wildman–Crippen MR) is 74.0 cm³/mol. The van der Waals surface area contributed by atoms with Crippen molar-refractivity contribution in [1.82, 2.24) is 5.32 Å². The fourth-order valence-corrected chi connectivity index (χ4v) is 1.46. The number of rotatable bonds is 8. The second kappa shape index (κ2) is 8.89. The van der Waals surface area contributed by atoms with E-state index in [9.17, 15) is 4.79 Å². The molecule has 0 aliphatic carbocycles. The number of amides is 1. The lowest BCUT2D eigenvalue weighted by Crippen LogP contribution is -2.28. The van der Waals surface area contributed by atoms with Crippen LogP contribution in [-0.2, 0) is 9.47 Å². The maximum atomic E-state index is 11.9. The van der Waals surface area contributed by atoms with Crippen LogP contribution in [0.4, 0.5) is 0 Å². The first-order valence-corrected chi connectivity index (χ1v) is 6.12. The average molecular weight is 281 g/mol. The molecule has 7 nitrogen and oxygen atoms in total. The molecule has 0 atom stereocenters. The van der Waals surface area contributed by atoms with E-state index in [-0.39, 0.29) is 11.7 Å². The molecular formula is C13H19N3O4. The second-order valence-corrected chi connectivity index (χ2v) is 3.93. The van der Waals surface area contributed by atoms with Crippen molar-refractivity contribution < 1.29 is 19.5 Å². The average Bonchev–Trinajstić information content (AvgIpc) is 2.49. The fraction of sp³-hybridized carbons (Fsp3) is 0.385. The van der Waals surface area contributed by atoms with Crippen LogP contribution in [0.1, 0.15) is 15.9 Å². The molecule has 0 heterocycles. The number of nitrogens with zero attached hydrogens (tertiary/aromatic N) is 1. The maximum Gasteiger partial charge on any atom is 0.251 e. The van der Waals surface area contributed by atoms with Crippen molar-refractivity contribution in [3.05, 3.63) is 35.4 Å². The zero-order valence-electron chi connectivity index (χ0n) is 11.3. The number of oxime groups is 1. The highest BCUT2D eigenvalue weighted by atomic mass is 16.5. The lowest BCUT2D eigenvalue weighted by Gasteiger charge is -2.07. The topological polar surface area (TPSA) is 106 Å². The summed E-state index contributed by atoms with van der Waals surface area (Å²) in [5, 5.41) is 14.2. The number of carbonyl (C=O) groups excluding carboxylic acids is 1. The van der Waals surface area contributed by atoms with E-state index in [0.29, 0.717) is 37.5 Å². The first-order chi connectivity index (χ1) is 9.69. The predicted octanol–water partition coefficient (Wildman–Crippen LogP) is 0.174. The summed E-state index contributed by atoms with van der Waals surface area (Å²) in [7, 11) is 1.60. The van der Waals surface area contributed by atoms with Crippen molar-refractivity contribution >= 4 is 11.7 Å². The number of hydrogen-bond acceptors (Lipinski definition) is 5. The molecule has 1 amide bonds. The van der Waals surface area contributed by atoms with E-state index in [4.69, 9.17) is 20.4 Å². The zero-order valence-corrected chi connectivity index (χ0v) is 11.3. The molecule has 0 aliphatic rings. The van der Waals surface area contributed by atoms with Crippen LogP contribution < -0.4 is 11.1 Å². The van der Waals surface area contributed by atoms with Gasteiger partial charge in [0, 0.05) is 24.8 Å². The molecule has 110 valence electrons. The molecule has 4 N–H and O–H groups in total. The van der Waals surface area contributed by atoms with Gasteiger partial charge >= 0.3 is 0 Å². The number of nitrogens with one attached hydrogen (secondary N) is 1. The van der Waals surface area contributed by atoms with E-state index in [1.165, 1.54) is 0 Å². The van der Waals surface area contributed by atoms with Crippen LogP contribution in [0.5, 0.6) is 0 Å².